The van der Waals surface area contributed by atoms with Crippen molar-refractivity contribution in [2.75, 3.05) is 11.9 Å². The zero-order chi connectivity index (χ0) is 20.0. The number of carboxylic acid groups (broad SMARTS) is 1. The third-order valence-corrected chi connectivity index (χ3v) is 4.40. The molecule has 0 aliphatic rings. The normalized spacial score (nSPS) is 10.7. The fraction of sp³-hybridized carbons (Fsp3) is 0.333. The second kappa shape index (κ2) is 9.22. The van der Waals surface area contributed by atoms with Crippen molar-refractivity contribution in [3.63, 3.8) is 0 Å². The Balaban J connectivity index is 1.89. The highest BCUT2D eigenvalue weighted by Crippen LogP contribution is 2.17. The summed E-state index contributed by atoms with van der Waals surface area (Å²) >= 11 is 1.20. The van der Waals surface area contributed by atoms with Crippen molar-refractivity contribution in [3.05, 3.63) is 45.7 Å². The predicted molar refractivity (Wildman–Crippen MR) is 99.6 cm³/mol. The summed E-state index contributed by atoms with van der Waals surface area (Å²) in [7, 11) is 0. The molecule has 0 aliphatic carbocycles. The number of aromatic nitrogens is 1. The Bertz CT molecular complexity index is 851. The fourth-order valence-corrected chi connectivity index (χ4v) is 3.01. The number of benzene rings is 1. The molecule has 9 heteroatoms. The summed E-state index contributed by atoms with van der Waals surface area (Å²) in [5, 5.41) is 15.9. The molecule has 0 radical (unpaired) electrons. The molecular weight excluding hydrogens is 373 g/mol. The molecule has 3 N–H and O–H groups in total. The van der Waals surface area contributed by atoms with Crippen LogP contribution in [0.4, 0.5) is 10.1 Å². The minimum absolute atomic E-state index is 0.0289. The van der Waals surface area contributed by atoms with Crippen molar-refractivity contribution in [3.8, 4) is 0 Å². The number of hydrogen-bond acceptors (Lipinski definition) is 5. The Kier molecular flexibility index (Phi) is 7.00. The molecule has 0 aliphatic heterocycles. The highest BCUT2D eigenvalue weighted by Gasteiger charge is 2.13. The van der Waals surface area contributed by atoms with E-state index in [0.717, 1.165) is 6.07 Å². The summed E-state index contributed by atoms with van der Waals surface area (Å²) in [5.41, 5.74) is 0.124. The van der Waals surface area contributed by atoms with E-state index in [1.165, 1.54) is 28.8 Å². The lowest BCUT2D eigenvalue weighted by atomic mass is 10.1. The predicted octanol–water partition coefficient (Wildman–Crippen LogP) is 2.94. The zero-order valence-electron chi connectivity index (χ0n) is 14.9. The van der Waals surface area contributed by atoms with E-state index in [2.05, 4.69) is 15.6 Å². The summed E-state index contributed by atoms with van der Waals surface area (Å²) < 4.78 is 14.1. The molecule has 27 heavy (non-hydrogen) atoms. The van der Waals surface area contributed by atoms with Gasteiger partial charge < -0.3 is 15.7 Å². The van der Waals surface area contributed by atoms with Gasteiger partial charge in [0.1, 0.15) is 5.82 Å². The van der Waals surface area contributed by atoms with Crippen molar-refractivity contribution >= 4 is 34.8 Å². The minimum Gasteiger partial charge on any atom is -0.476 e. The van der Waals surface area contributed by atoms with Gasteiger partial charge in [-0.05, 0) is 24.1 Å². The molecule has 0 saturated heterocycles. The van der Waals surface area contributed by atoms with Gasteiger partial charge in [-0.1, -0.05) is 13.8 Å². The summed E-state index contributed by atoms with van der Waals surface area (Å²) in [5.74, 6) is -2.39. The summed E-state index contributed by atoms with van der Waals surface area (Å²) in [6.45, 7) is 4.01. The van der Waals surface area contributed by atoms with E-state index >= 15 is 0 Å². The maximum atomic E-state index is 14.1. The first-order valence-corrected chi connectivity index (χ1v) is 9.19. The number of rotatable bonds is 8. The summed E-state index contributed by atoms with van der Waals surface area (Å²) in [6.07, 6.45) is 0.650. The lowest BCUT2D eigenvalue weighted by molar-refractivity contribution is -0.116. The van der Waals surface area contributed by atoms with E-state index in [-0.39, 0.29) is 41.7 Å². The maximum absolute atomic E-state index is 14.1. The molecule has 2 aromatic rings. The highest BCUT2D eigenvalue weighted by atomic mass is 32.1. The van der Waals surface area contributed by atoms with Gasteiger partial charge in [-0.25, -0.2) is 14.2 Å². The molecule has 0 bridgehead atoms. The highest BCUT2D eigenvalue weighted by molar-refractivity contribution is 7.09. The number of nitrogens with zero attached hydrogens (tertiary/aromatic N) is 1. The van der Waals surface area contributed by atoms with Gasteiger partial charge in [0.05, 0.1) is 10.7 Å². The van der Waals surface area contributed by atoms with Crippen LogP contribution in [0, 0.1) is 11.7 Å². The Hall–Kier alpha value is -2.81. The molecule has 0 spiro atoms. The third-order valence-electron chi connectivity index (χ3n) is 3.49. The number of nitrogens with one attached hydrogen (secondary N) is 2. The molecule has 0 unspecified atom stereocenters. The maximum Gasteiger partial charge on any atom is 0.355 e. The molecular formula is C18H20FN3O4S. The number of halogens is 1. The lowest BCUT2D eigenvalue weighted by Crippen LogP contribution is -2.26. The largest absolute Gasteiger partial charge is 0.476 e. The molecule has 2 rings (SSSR count). The van der Waals surface area contributed by atoms with E-state index in [9.17, 15) is 18.8 Å². The number of anilines is 1. The Morgan fingerprint density at radius 1 is 1.30 bits per heavy atom. The number of thiazole rings is 1. The van der Waals surface area contributed by atoms with Gasteiger partial charge in [-0.15, -0.1) is 11.3 Å². The van der Waals surface area contributed by atoms with E-state index in [1.54, 1.807) is 0 Å². The van der Waals surface area contributed by atoms with E-state index in [1.807, 2.05) is 13.8 Å². The average Bonchev–Trinajstić information content (AvgIpc) is 3.05. The van der Waals surface area contributed by atoms with Crippen LogP contribution in [0.25, 0.3) is 0 Å². The standard InChI is InChI=1S/C18H20FN3O4S/c1-10(2)7-15(23)21-13-4-3-11(8-12(13)19)17(24)20-6-5-16-22-14(9-27-16)18(25)26/h3-4,8-10H,5-7H2,1-2H3,(H,20,24)(H,21,23)(H,25,26). The number of hydrogen-bond donors (Lipinski definition) is 3. The SMILES string of the molecule is CC(C)CC(=O)Nc1ccc(C(=O)NCCc2nc(C(=O)O)cs2)cc1F. The van der Waals surface area contributed by atoms with Crippen LogP contribution in [0.1, 0.15) is 46.1 Å². The van der Waals surface area contributed by atoms with Crippen molar-refractivity contribution in [1.29, 1.82) is 0 Å². The molecule has 2 amide bonds. The van der Waals surface area contributed by atoms with Crippen LogP contribution in [-0.2, 0) is 11.2 Å². The molecule has 1 heterocycles. The zero-order valence-corrected chi connectivity index (χ0v) is 15.7. The Morgan fingerprint density at radius 2 is 2.04 bits per heavy atom. The number of carbonyl (C=O) groups is 3. The van der Waals surface area contributed by atoms with Gasteiger partial charge in [-0.2, -0.15) is 0 Å². The Labute approximate surface area is 159 Å². The van der Waals surface area contributed by atoms with Crippen LogP contribution in [0.3, 0.4) is 0 Å². The first-order chi connectivity index (χ1) is 12.8. The monoisotopic (exact) mass is 393 g/mol. The first-order valence-electron chi connectivity index (χ1n) is 8.31. The lowest BCUT2D eigenvalue weighted by Gasteiger charge is -2.10. The van der Waals surface area contributed by atoms with Crippen molar-refractivity contribution in [2.45, 2.75) is 26.7 Å². The van der Waals surface area contributed by atoms with Gasteiger partial charge >= 0.3 is 5.97 Å². The molecule has 1 aromatic heterocycles. The minimum atomic E-state index is -1.10. The van der Waals surface area contributed by atoms with Crippen LogP contribution in [-0.4, -0.2) is 34.4 Å². The smallest absolute Gasteiger partial charge is 0.355 e. The van der Waals surface area contributed by atoms with Gasteiger partial charge in [-0.3, -0.25) is 9.59 Å². The molecule has 0 saturated carbocycles. The number of amides is 2. The Morgan fingerprint density at radius 3 is 2.63 bits per heavy atom. The number of aromatic carboxylic acids is 1. The summed E-state index contributed by atoms with van der Waals surface area (Å²) in [4.78, 5) is 38.5. The van der Waals surface area contributed by atoms with Gasteiger partial charge in [0.2, 0.25) is 5.91 Å². The van der Waals surface area contributed by atoms with E-state index in [0.29, 0.717) is 11.4 Å². The van der Waals surface area contributed by atoms with Crippen molar-refractivity contribution in [1.82, 2.24) is 10.3 Å². The third kappa shape index (κ3) is 6.14. The van der Waals surface area contributed by atoms with Crippen LogP contribution in [0.5, 0.6) is 0 Å². The van der Waals surface area contributed by atoms with Crippen LogP contribution < -0.4 is 10.6 Å². The molecule has 144 valence electrons. The van der Waals surface area contributed by atoms with Gasteiger partial charge in [0.15, 0.2) is 5.69 Å². The van der Waals surface area contributed by atoms with Crippen LogP contribution >= 0.6 is 11.3 Å². The number of carboxylic acids is 1. The molecule has 0 atom stereocenters. The second-order valence-electron chi connectivity index (χ2n) is 6.28. The average molecular weight is 393 g/mol. The molecule has 1 aromatic carbocycles. The fourth-order valence-electron chi connectivity index (χ4n) is 2.24. The van der Waals surface area contributed by atoms with E-state index in [4.69, 9.17) is 5.11 Å². The van der Waals surface area contributed by atoms with Crippen LogP contribution in [0.2, 0.25) is 0 Å². The topological polar surface area (TPSA) is 108 Å². The quantitative estimate of drug-likeness (QED) is 0.639. The van der Waals surface area contributed by atoms with Gasteiger partial charge in [0, 0.05) is 30.3 Å². The molecule has 7 nitrogen and oxygen atoms in total. The second-order valence-corrected chi connectivity index (χ2v) is 7.22. The van der Waals surface area contributed by atoms with Crippen molar-refractivity contribution in [2.24, 2.45) is 5.92 Å². The first kappa shape index (κ1) is 20.5. The summed E-state index contributed by atoms with van der Waals surface area (Å²) in [6, 6.07) is 3.84. The molecule has 0 fully saturated rings. The van der Waals surface area contributed by atoms with Crippen LogP contribution in [0.15, 0.2) is 23.6 Å². The number of carbonyl (C=O) groups excluding carboxylic acids is 2. The van der Waals surface area contributed by atoms with Crippen molar-refractivity contribution < 1.29 is 23.9 Å². The van der Waals surface area contributed by atoms with Gasteiger partial charge in [0.25, 0.3) is 5.91 Å². The van der Waals surface area contributed by atoms with E-state index < -0.39 is 17.7 Å².